The highest BCUT2D eigenvalue weighted by molar-refractivity contribution is 6.11. The molecule has 1 aromatic heterocycles. The van der Waals surface area contributed by atoms with Crippen molar-refractivity contribution in [2.45, 2.75) is 6.92 Å². The second-order valence-corrected chi connectivity index (χ2v) is 6.48. The van der Waals surface area contributed by atoms with Crippen LogP contribution in [0.1, 0.15) is 33.4 Å². The maximum atomic E-state index is 12.9. The Bertz CT molecular complexity index is 1120. The van der Waals surface area contributed by atoms with Gasteiger partial charge in [0.25, 0.3) is 11.8 Å². The van der Waals surface area contributed by atoms with Crippen molar-refractivity contribution < 1.29 is 28.3 Å². The Morgan fingerprint density at radius 1 is 1.00 bits per heavy atom. The van der Waals surface area contributed by atoms with Crippen molar-refractivity contribution in [2.75, 3.05) is 19.0 Å². The fraction of sp³-hybridized carbons (Fsp3) is 0.125. The van der Waals surface area contributed by atoms with Gasteiger partial charge < -0.3 is 24.5 Å². The van der Waals surface area contributed by atoms with Crippen molar-refractivity contribution in [3.8, 4) is 5.75 Å². The van der Waals surface area contributed by atoms with E-state index < -0.39 is 17.8 Å². The molecule has 3 rings (SSSR count). The van der Waals surface area contributed by atoms with Crippen molar-refractivity contribution >= 4 is 29.5 Å². The van der Waals surface area contributed by atoms with Crippen LogP contribution in [-0.4, -0.2) is 31.5 Å². The molecule has 0 spiro atoms. The molecule has 0 aliphatic heterocycles. The Morgan fingerprint density at radius 2 is 1.75 bits per heavy atom. The number of nitrogens with one attached hydrogen (secondary N) is 2. The first-order chi connectivity index (χ1) is 15.5. The number of methoxy groups -OCH3 is 1. The molecule has 1 heterocycles. The van der Waals surface area contributed by atoms with Gasteiger partial charge in [-0.15, -0.1) is 0 Å². The van der Waals surface area contributed by atoms with Crippen molar-refractivity contribution in [3.05, 3.63) is 89.5 Å². The molecule has 8 heteroatoms. The summed E-state index contributed by atoms with van der Waals surface area (Å²) >= 11 is 0. The Morgan fingerprint density at radius 3 is 2.41 bits per heavy atom. The predicted octanol–water partition coefficient (Wildman–Crippen LogP) is 3.87. The SMILES string of the molecule is CCOC(=O)c1ccc(NC(=O)/C(=C\c2ccco2)NC(=O)c2ccccc2OC)cc1. The zero-order chi connectivity index (χ0) is 22.9. The first-order valence-corrected chi connectivity index (χ1v) is 9.80. The van der Waals surface area contributed by atoms with E-state index in [1.807, 2.05) is 0 Å². The third kappa shape index (κ3) is 5.63. The van der Waals surface area contributed by atoms with Gasteiger partial charge in [-0.2, -0.15) is 0 Å². The van der Waals surface area contributed by atoms with Crippen LogP contribution >= 0.6 is 0 Å². The highest BCUT2D eigenvalue weighted by Crippen LogP contribution is 2.18. The normalized spacial score (nSPS) is 10.9. The van der Waals surface area contributed by atoms with Gasteiger partial charge in [-0.05, 0) is 55.5 Å². The summed E-state index contributed by atoms with van der Waals surface area (Å²) in [5.74, 6) is -0.792. The van der Waals surface area contributed by atoms with E-state index in [0.29, 0.717) is 22.8 Å². The molecule has 8 nitrogen and oxygen atoms in total. The number of amides is 2. The molecule has 0 aliphatic carbocycles. The number of hydrogen-bond acceptors (Lipinski definition) is 6. The van der Waals surface area contributed by atoms with Gasteiger partial charge >= 0.3 is 5.97 Å². The van der Waals surface area contributed by atoms with Gasteiger partial charge in [-0.25, -0.2) is 4.79 Å². The Balaban J connectivity index is 1.80. The molecule has 0 unspecified atom stereocenters. The standard InChI is InChI=1S/C24H22N2O6/c1-3-31-24(29)16-10-12-17(13-11-16)25-23(28)20(15-18-7-6-14-32-18)26-22(27)19-8-4-5-9-21(19)30-2/h4-15H,3H2,1-2H3,(H,25,28)(H,26,27)/b20-15+. The van der Waals surface area contributed by atoms with Crippen molar-refractivity contribution in [1.82, 2.24) is 5.32 Å². The number of hydrogen-bond donors (Lipinski definition) is 2. The van der Waals surface area contributed by atoms with Crippen LogP contribution in [0.2, 0.25) is 0 Å². The largest absolute Gasteiger partial charge is 0.496 e. The summed E-state index contributed by atoms with van der Waals surface area (Å²) in [4.78, 5) is 37.5. The second-order valence-electron chi connectivity index (χ2n) is 6.48. The highest BCUT2D eigenvalue weighted by atomic mass is 16.5. The van der Waals surface area contributed by atoms with E-state index >= 15 is 0 Å². The van der Waals surface area contributed by atoms with Crippen LogP contribution in [0.25, 0.3) is 6.08 Å². The monoisotopic (exact) mass is 434 g/mol. The molecule has 0 bridgehead atoms. The molecule has 0 radical (unpaired) electrons. The van der Waals surface area contributed by atoms with Gasteiger partial charge in [0.05, 0.1) is 31.1 Å². The smallest absolute Gasteiger partial charge is 0.338 e. The summed E-state index contributed by atoms with van der Waals surface area (Å²) in [6.45, 7) is 1.99. The van der Waals surface area contributed by atoms with Crippen LogP contribution in [0.3, 0.4) is 0 Å². The molecule has 0 aliphatic rings. The lowest BCUT2D eigenvalue weighted by molar-refractivity contribution is -0.113. The van der Waals surface area contributed by atoms with E-state index in [1.165, 1.54) is 31.6 Å². The van der Waals surface area contributed by atoms with Gasteiger partial charge in [0.1, 0.15) is 17.2 Å². The van der Waals surface area contributed by atoms with Crippen LogP contribution in [-0.2, 0) is 9.53 Å². The van der Waals surface area contributed by atoms with Gasteiger partial charge in [-0.3, -0.25) is 9.59 Å². The minimum absolute atomic E-state index is 0.0367. The first kappa shape index (κ1) is 22.4. The average molecular weight is 434 g/mol. The number of esters is 1. The summed E-state index contributed by atoms with van der Waals surface area (Å²) in [5, 5.41) is 5.30. The minimum atomic E-state index is -0.575. The molecule has 0 saturated carbocycles. The van der Waals surface area contributed by atoms with Gasteiger partial charge in [0.15, 0.2) is 0 Å². The summed E-state index contributed by atoms with van der Waals surface area (Å²) in [7, 11) is 1.46. The van der Waals surface area contributed by atoms with Crippen molar-refractivity contribution in [3.63, 3.8) is 0 Å². The summed E-state index contributed by atoms with van der Waals surface area (Å²) in [5.41, 5.74) is 1.03. The van der Waals surface area contributed by atoms with E-state index in [0.717, 1.165) is 0 Å². The van der Waals surface area contributed by atoms with Crippen LogP contribution in [0, 0.1) is 0 Å². The van der Waals surface area contributed by atoms with Crippen molar-refractivity contribution in [1.29, 1.82) is 0 Å². The third-order valence-corrected chi connectivity index (χ3v) is 4.33. The summed E-state index contributed by atoms with van der Waals surface area (Å²) in [6, 6.07) is 16.2. The molecule has 0 fully saturated rings. The lowest BCUT2D eigenvalue weighted by Gasteiger charge is -2.12. The van der Waals surface area contributed by atoms with Gasteiger partial charge in [0.2, 0.25) is 0 Å². The molecule has 2 amide bonds. The predicted molar refractivity (Wildman–Crippen MR) is 118 cm³/mol. The molecule has 3 aromatic rings. The third-order valence-electron chi connectivity index (χ3n) is 4.33. The molecule has 2 aromatic carbocycles. The number of furan rings is 1. The van der Waals surface area contributed by atoms with Gasteiger partial charge in [-0.1, -0.05) is 12.1 Å². The summed E-state index contributed by atoms with van der Waals surface area (Å²) in [6.07, 6.45) is 2.87. The van der Waals surface area contributed by atoms with E-state index in [9.17, 15) is 14.4 Å². The van der Waals surface area contributed by atoms with E-state index in [1.54, 1.807) is 55.5 Å². The topological polar surface area (TPSA) is 107 Å². The molecule has 0 atom stereocenters. The maximum absolute atomic E-state index is 12.9. The number of ether oxygens (including phenoxy) is 2. The van der Waals surface area contributed by atoms with Gasteiger partial charge in [0, 0.05) is 11.8 Å². The summed E-state index contributed by atoms with van der Waals surface area (Å²) < 4.78 is 15.4. The average Bonchev–Trinajstić information content (AvgIpc) is 3.32. The Hall–Kier alpha value is -4.33. The van der Waals surface area contributed by atoms with Crippen molar-refractivity contribution in [2.24, 2.45) is 0 Å². The maximum Gasteiger partial charge on any atom is 0.338 e. The number of carbonyl (C=O) groups is 3. The zero-order valence-electron chi connectivity index (χ0n) is 17.6. The van der Waals surface area contributed by atoms with Crippen LogP contribution in [0.4, 0.5) is 5.69 Å². The first-order valence-electron chi connectivity index (χ1n) is 9.80. The van der Waals surface area contributed by atoms with Crippen LogP contribution in [0.5, 0.6) is 5.75 Å². The molecular weight excluding hydrogens is 412 g/mol. The van der Waals surface area contributed by atoms with Crippen LogP contribution in [0.15, 0.2) is 77.0 Å². The van der Waals surface area contributed by atoms with E-state index in [4.69, 9.17) is 13.9 Å². The molecule has 2 N–H and O–H groups in total. The lowest BCUT2D eigenvalue weighted by atomic mass is 10.1. The molecular formula is C24H22N2O6. The fourth-order valence-electron chi connectivity index (χ4n) is 2.80. The molecule has 32 heavy (non-hydrogen) atoms. The lowest BCUT2D eigenvalue weighted by Crippen LogP contribution is -2.31. The Labute approximate surface area is 184 Å². The minimum Gasteiger partial charge on any atom is -0.496 e. The van der Waals surface area contributed by atoms with E-state index in [2.05, 4.69) is 10.6 Å². The number of rotatable bonds is 8. The Kier molecular flexibility index (Phi) is 7.42. The molecule has 0 saturated heterocycles. The van der Waals surface area contributed by atoms with E-state index in [-0.39, 0.29) is 17.9 Å². The van der Waals surface area contributed by atoms with Crippen LogP contribution < -0.4 is 15.4 Å². The fourth-order valence-corrected chi connectivity index (χ4v) is 2.80. The number of carbonyl (C=O) groups excluding carboxylic acids is 3. The zero-order valence-corrected chi connectivity index (χ0v) is 17.6. The quantitative estimate of drug-likeness (QED) is 0.412. The number of benzene rings is 2. The molecule has 164 valence electrons. The number of para-hydroxylation sites is 1. The number of anilines is 1. The second kappa shape index (κ2) is 10.6. The highest BCUT2D eigenvalue weighted by Gasteiger charge is 2.18.